The summed E-state index contributed by atoms with van der Waals surface area (Å²) in [5, 5.41) is 32.2. The van der Waals surface area contributed by atoms with Crippen molar-refractivity contribution in [3.8, 4) is 0 Å². The van der Waals surface area contributed by atoms with Gasteiger partial charge in [0.25, 0.3) is 19.3 Å². The number of nitrogens with two attached hydrogens (primary N) is 1. The number of aromatic amines is 1. The maximum Gasteiger partial charge on any atom is 0.346 e. The van der Waals surface area contributed by atoms with Crippen molar-refractivity contribution in [3.63, 3.8) is 0 Å². The van der Waals surface area contributed by atoms with Crippen LogP contribution in [0.1, 0.15) is 12.5 Å². The fourth-order valence-electron chi connectivity index (χ4n) is 5.95. The van der Waals surface area contributed by atoms with Crippen molar-refractivity contribution in [3.05, 3.63) is 29.3 Å². The summed E-state index contributed by atoms with van der Waals surface area (Å²) in [7, 11) is -10.4. The van der Waals surface area contributed by atoms with Gasteiger partial charge in [-0.15, -0.1) is 0 Å². The van der Waals surface area contributed by atoms with Gasteiger partial charge in [0.15, 0.2) is 29.9 Å². The number of ether oxygens (including phenoxy) is 3. The molecular weight excluding hydrogens is 789 g/mol. The Kier molecular flexibility index (Phi) is 11.2. The third-order valence-electron chi connectivity index (χ3n) is 8.46. The lowest BCUT2D eigenvalue weighted by molar-refractivity contribution is -0.745. The standard InChI is InChI=1S/C25H37N10O16P3/c1-32(2)25-30-21-14(22(39)31-25)33(3)9-35(21)23-17(38)15(36)11(49-23)6-48-54(44,45)51-53(42,43)10-52(40,41)47-5-12-16(37)18(46-4)24(50-12)34-8-29-13-19(26)27-7-28-20(13)34/h7-9,11-12,15-18,23-24,36-38H,5-6,10H2,1-4H3,(H5-,26,27,28,30,31,39,40,41,42,43,44,45)/t11-,12-,15-,16-,17-,18-,23-,24-/m1/s1. The smallest absolute Gasteiger partial charge is 0.346 e. The highest BCUT2D eigenvalue weighted by molar-refractivity contribution is 7.73. The second-order valence-electron chi connectivity index (χ2n) is 12.5. The van der Waals surface area contributed by atoms with E-state index in [4.69, 9.17) is 24.5 Å². The zero-order valence-corrected chi connectivity index (χ0v) is 31.4. The third-order valence-corrected chi connectivity index (χ3v) is 14.2. The van der Waals surface area contributed by atoms with Crippen LogP contribution in [0.2, 0.25) is 0 Å². The Bertz CT molecular complexity index is 2230. The number of fused-ring (bicyclic) bond motifs is 2. The zero-order valence-electron chi connectivity index (χ0n) is 28.7. The fourth-order valence-corrected chi connectivity index (χ4v) is 10.9. The number of aryl methyl sites for hydroxylation is 1. The topological polar surface area (TPSA) is 358 Å². The quantitative estimate of drug-likeness (QED) is 0.0485. The molecule has 3 unspecified atom stereocenters. The molecule has 29 heteroatoms. The predicted molar refractivity (Wildman–Crippen MR) is 177 cm³/mol. The molecule has 6 rings (SSSR count). The molecule has 54 heavy (non-hydrogen) atoms. The summed E-state index contributed by atoms with van der Waals surface area (Å²) in [4.78, 5) is 66.4. The molecule has 4 aromatic rings. The molecule has 0 spiro atoms. The number of methoxy groups -OCH3 is 1. The number of nitrogens with zero attached hydrogens (tertiary/aromatic N) is 8. The summed E-state index contributed by atoms with van der Waals surface area (Å²) < 4.78 is 72.7. The first-order valence-electron chi connectivity index (χ1n) is 15.7. The Labute approximate surface area is 303 Å². The Morgan fingerprint density at radius 2 is 1.72 bits per heavy atom. The molecule has 2 aliphatic heterocycles. The summed E-state index contributed by atoms with van der Waals surface area (Å²) in [5.74, 6) is -1.50. The number of aliphatic hydroxyl groups excluding tert-OH is 3. The highest BCUT2D eigenvalue weighted by atomic mass is 31.3. The van der Waals surface area contributed by atoms with Crippen molar-refractivity contribution in [1.82, 2.24) is 34.1 Å². The number of anilines is 2. The monoisotopic (exact) mass is 826 g/mol. The number of imidazole rings is 2. The molecule has 4 aromatic heterocycles. The Morgan fingerprint density at radius 1 is 1.04 bits per heavy atom. The van der Waals surface area contributed by atoms with Gasteiger partial charge in [-0.25, -0.2) is 23.8 Å². The SMILES string of the molecule is CO[C@@H]1[C@H](O)[C@@H](COP(=O)(O)CP(=O)(O)OP(=O)([O-])OC[C@H]2O[C@@H]([n+]3cn(C)c4c(=O)[nH]c(N(C)C)nc43)[C@H](O)[C@@H]2O)O[C@H]1n1cnc2c(N)ncnc21. The van der Waals surface area contributed by atoms with E-state index in [0.29, 0.717) is 0 Å². The van der Waals surface area contributed by atoms with Gasteiger partial charge in [0.05, 0.1) is 26.6 Å². The maximum atomic E-state index is 12.8. The molecule has 298 valence electrons. The number of phosphoric ester groups is 1. The Hall–Kier alpha value is -3.29. The second-order valence-corrected chi connectivity index (χ2v) is 18.3. The van der Waals surface area contributed by atoms with Crippen LogP contribution in [0.4, 0.5) is 11.8 Å². The van der Waals surface area contributed by atoms with Gasteiger partial charge in [-0.2, -0.15) is 0 Å². The van der Waals surface area contributed by atoms with E-state index in [0.717, 1.165) is 0 Å². The Morgan fingerprint density at radius 3 is 2.41 bits per heavy atom. The van der Waals surface area contributed by atoms with E-state index in [1.54, 1.807) is 14.1 Å². The number of H-pyrrole nitrogens is 1. The summed E-state index contributed by atoms with van der Waals surface area (Å²) in [5.41, 5.74) is 5.90. The molecule has 11 atom stereocenters. The van der Waals surface area contributed by atoms with Crippen LogP contribution in [0, 0.1) is 0 Å². The number of hydrogen-bond acceptors (Lipinski definition) is 20. The van der Waals surface area contributed by atoms with Crippen molar-refractivity contribution >= 4 is 57.1 Å². The molecule has 2 saturated heterocycles. The van der Waals surface area contributed by atoms with E-state index < -0.39 is 96.8 Å². The van der Waals surface area contributed by atoms with Gasteiger partial charge in [0.1, 0.15) is 48.5 Å². The molecule has 0 aliphatic carbocycles. The minimum Gasteiger partial charge on any atom is -0.756 e. The lowest BCUT2D eigenvalue weighted by atomic mass is 10.1. The molecular formula is C25H37N10O16P3. The highest BCUT2D eigenvalue weighted by Gasteiger charge is 2.49. The van der Waals surface area contributed by atoms with Crippen molar-refractivity contribution in [2.24, 2.45) is 7.05 Å². The number of nitrogen functional groups attached to an aromatic ring is 1. The van der Waals surface area contributed by atoms with E-state index in [1.165, 1.54) is 51.7 Å². The number of nitrogens with one attached hydrogen (secondary N) is 1. The molecule has 26 nitrogen and oxygen atoms in total. The van der Waals surface area contributed by atoms with Crippen molar-refractivity contribution in [1.29, 1.82) is 0 Å². The van der Waals surface area contributed by atoms with Crippen LogP contribution in [0.5, 0.6) is 0 Å². The average Bonchev–Trinajstić information content (AvgIpc) is 3.81. The van der Waals surface area contributed by atoms with Gasteiger partial charge < -0.3 is 63.9 Å². The first kappa shape index (κ1) is 40.4. The van der Waals surface area contributed by atoms with E-state index in [-0.39, 0.29) is 34.1 Å². The van der Waals surface area contributed by atoms with Crippen molar-refractivity contribution in [2.45, 2.75) is 49.1 Å². The minimum atomic E-state index is -5.78. The zero-order chi connectivity index (χ0) is 39.5. The van der Waals surface area contributed by atoms with E-state index in [2.05, 4.69) is 33.8 Å². The van der Waals surface area contributed by atoms with E-state index in [9.17, 15) is 48.5 Å². The first-order chi connectivity index (χ1) is 25.2. The molecule has 0 amide bonds. The predicted octanol–water partition coefficient (Wildman–Crippen LogP) is -3.22. The molecule has 2 aliphatic rings. The molecule has 0 saturated carbocycles. The molecule has 0 bridgehead atoms. The van der Waals surface area contributed by atoms with Crippen LogP contribution >= 0.6 is 23.0 Å². The van der Waals surface area contributed by atoms with Gasteiger partial charge in [-0.3, -0.25) is 32.6 Å². The normalized spacial score (nSPS) is 29.4. The van der Waals surface area contributed by atoms with Gasteiger partial charge in [0, 0.05) is 21.2 Å². The first-order valence-corrected chi connectivity index (χ1v) is 20.6. The lowest BCUT2D eigenvalue weighted by Gasteiger charge is -2.27. The maximum absolute atomic E-state index is 12.8. The van der Waals surface area contributed by atoms with E-state index >= 15 is 0 Å². The third kappa shape index (κ3) is 8.00. The number of aliphatic hydroxyl groups is 3. The second kappa shape index (κ2) is 15.0. The number of phosphoric acid groups is 1. The molecule has 8 N–H and O–H groups in total. The van der Waals surface area contributed by atoms with Crippen LogP contribution in [-0.2, 0) is 48.3 Å². The van der Waals surface area contributed by atoms with Crippen molar-refractivity contribution in [2.75, 3.05) is 51.0 Å². The summed E-state index contributed by atoms with van der Waals surface area (Å²) in [6.45, 7) is -1.88. The summed E-state index contributed by atoms with van der Waals surface area (Å²) >= 11 is 0. The van der Waals surface area contributed by atoms with Crippen LogP contribution in [0.15, 0.2) is 23.8 Å². The molecule has 0 aromatic carbocycles. The number of rotatable bonds is 14. The van der Waals surface area contributed by atoms with Crippen LogP contribution < -0.4 is 25.7 Å². The van der Waals surface area contributed by atoms with E-state index in [1.807, 2.05) is 0 Å². The minimum absolute atomic E-state index is 0.0531. The molecule has 2 fully saturated rings. The molecule has 6 heterocycles. The molecule has 0 radical (unpaired) electrons. The van der Waals surface area contributed by atoms with Crippen LogP contribution in [-0.4, -0.2) is 136 Å². The van der Waals surface area contributed by atoms with Gasteiger partial charge in [0.2, 0.25) is 11.7 Å². The van der Waals surface area contributed by atoms with Crippen LogP contribution in [0.25, 0.3) is 22.3 Å². The average molecular weight is 827 g/mol. The van der Waals surface area contributed by atoms with Gasteiger partial charge in [-0.1, -0.05) is 4.98 Å². The van der Waals surface area contributed by atoms with Crippen LogP contribution in [0.3, 0.4) is 0 Å². The van der Waals surface area contributed by atoms with Crippen molar-refractivity contribution < 1.29 is 75.8 Å². The highest BCUT2D eigenvalue weighted by Crippen LogP contribution is 2.65. The Balaban J connectivity index is 1.06. The summed E-state index contributed by atoms with van der Waals surface area (Å²) in [6, 6.07) is 0. The lowest BCUT2D eigenvalue weighted by Crippen LogP contribution is -2.46. The fraction of sp³-hybridized carbons (Fsp3) is 0.600. The van der Waals surface area contributed by atoms with Gasteiger partial charge in [-0.05, 0) is 0 Å². The largest absolute Gasteiger partial charge is 0.756 e. The number of hydrogen-bond donors (Lipinski definition) is 7. The number of aromatic nitrogens is 8. The van der Waals surface area contributed by atoms with Gasteiger partial charge >= 0.3 is 20.8 Å². The summed E-state index contributed by atoms with van der Waals surface area (Å²) in [6.07, 6.45) is -7.60.